The predicted molar refractivity (Wildman–Crippen MR) is 59.7 cm³/mol. The lowest BCUT2D eigenvalue weighted by Crippen LogP contribution is -2.06. The van der Waals surface area contributed by atoms with Gasteiger partial charge in [0, 0.05) is 0 Å². The van der Waals surface area contributed by atoms with Crippen LogP contribution in [0.1, 0.15) is 10.4 Å². The molecule has 0 unspecified atom stereocenters. The summed E-state index contributed by atoms with van der Waals surface area (Å²) in [5.41, 5.74) is -0.499. The first kappa shape index (κ1) is 14.8. The van der Waals surface area contributed by atoms with Crippen molar-refractivity contribution in [1.82, 2.24) is 0 Å². The third-order valence-electron chi connectivity index (χ3n) is 2.50. The number of hydrogen-bond donors (Lipinski definition) is 1. The standard InChI is InChI=1S/C13H5F5O3/c14-7-8(15)10(17)12(11(18)9(7)16)21-6-4-2-1-3-5(6)13(19)20/h1-4H,(H,19,20). The first-order valence-electron chi connectivity index (χ1n) is 5.36. The SMILES string of the molecule is O=C(O)c1ccccc1Oc1c(F)c(F)c(F)c(F)c1F. The minimum absolute atomic E-state index is 0.499. The molecule has 0 saturated carbocycles. The summed E-state index contributed by atoms with van der Waals surface area (Å²) in [7, 11) is 0. The summed E-state index contributed by atoms with van der Waals surface area (Å²) in [6, 6.07) is 4.63. The molecule has 8 heteroatoms. The Morgan fingerprint density at radius 1 is 0.857 bits per heavy atom. The molecule has 0 radical (unpaired) electrons. The minimum Gasteiger partial charge on any atom is -0.478 e. The van der Waals surface area contributed by atoms with Crippen LogP contribution in [0.2, 0.25) is 0 Å². The second-order valence-corrected chi connectivity index (χ2v) is 3.80. The van der Waals surface area contributed by atoms with Crippen LogP contribution in [-0.4, -0.2) is 11.1 Å². The minimum atomic E-state index is -2.33. The number of carboxylic acid groups (broad SMARTS) is 1. The van der Waals surface area contributed by atoms with E-state index in [2.05, 4.69) is 4.74 Å². The Bertz CT molecular complexity index is 701. The predicted octanol–water partition coefficient (Wildman–Crippen LogP) is 3.87. The van der Waals surface area contributed by atoms with Crippen LogP contribution in [0.25, 0.3) is 0 Å². The Balaban J connectivity index is 2.58. The van der Waals surface area contributed by atoms with Crippen LogP contribution < -0.4 is 4.74 Å². The molecule has 21 heavy (non-hydrogen) atoms. The van der Waals surface area contributed by atoms with E-state index in [-0.39, 0.29) is 0 Å². The molecule has 2 aromatic rings. The number of benzene rings is 2. The van der Waals surface area contributed by atoms with Crippen molar-refractivity contribution in [3.8, 4) is 11.5 Å². The Labute approximate surface area is 114 Å². The highest BCUT2D eigenvalue weighted by molar-refractivity contribution is 5.90. The summed E-state index contributed by atoms with van der Waals surface area (Å²) in [6.07, 6.45) is 0. The Hall–Kier alpha value is -2.64. The van der Waals surface area contributed by atoms with Crippen molar-refractivity contribution in [2.45, 2.75) is 0 Å². The highest BCUT2D eigenvalue weighted by Gasteiger charge is 2.28. The van der Waals surface area contributed by atoms with Crippen LogP contribution in [0, 0.1) is 29.1 Å². The zero-order valence-electron chi connectivity index (χ0n) is 9.96. The van der Waals surface area contributed by atoms with Gasteiger partial charge in [0.05, 0.1) is 0 Å². The van der Waals surface area contributed by atoms with E-state index in [4.69, 9.17) is 5.11 Å². The Morgan fingerprint density at radius 2 is 1.33 bits per heavy atom. The van der Waals surface area contributed by atoms with Crippen LogP contribution >= 0.6 is 0 Å². The van der Waals surface area contributed by atoms with Gasteiger partial charge in [-0.05, 0) is 12.1 Å². The molecule has 0 spiro atoms. The van der Waals surface area contributed by atoms with Crippen LogP contribution in [0.5, 0.6) is 11.5 Å². The molecule has 3 nitrogen and oxygen atoms in total. The van der Waals surface area contributed by atoms with E-state index in [0.717, 1.165) is 12.1 Å². The smallest absolute Gasteiger partial charge is 0.339 e. The molecule has 0 aliphatic rings. The van der Waals surface area contributed by atoms with Gasteiger partial charge in [-0.2, -0.15) is 8.78 Å². The van der Waals surface area contributed by atoms with Crippen molar-refractivity contribution in [2.75, 3.05) is 0 Å². The maximum absolute atomic E-state index is 13.4. The van der Waals surface area contributed by atoms with Gasteiger partial charge in [-0.3, -0.25) is 0 Å². The Kier molecular flexibility index (Phi) is 3.79. The second kappa shape index (κ2) is 5.39. The fourth-order valence-electron chi connectivity index (χ4n) is 1.52. The third kappa shape index (κ3) is 2.51. The summed E-state index contributed by atoms with van der Waals surface area (Å²) in [5.74, 6) is -14.7. The summed E-state index contributed by atoms with van der Waals surface area (Å²) in [6.45, 7) is 0. The van der Waals surface area contributed by atoms with Gasteiger partial charge in [-0.15, -0.1) is 0 Å². The monoisotopic (exact) mass is 304 g/mol. The van der Waals surface area contributed by atoms with Crippen molar-refractivity contribution >= 4 is 5.97 Å². The number of carboxylic acids is 1. The zero-order chi connectivity index (χ0) is 15.7. The molecule has 0 atom stereocenters. The van der Waals surface area contributed by atoms with Crippen LogP contribution in [0.4, 0.5) is 22.0 Å². The maximum atomic E-state index is 13.4. The van der Waals surface area contributed by atoms with Crippen molar-refractivity contribution in [1.29, 1.82) is 0 Å². The Morgan fingerprint density at radius 3 is 1.86 bits per heavy atom. The molecule has 0 bridgehead atoms. The van der Waals surface area contributed by atoms with Gasteiger partial charge in [0.15, 0.2) is 0 Å². The maximum Gasteiger partial charge on any atom is 0.339 e. The lowest BCUT2D eigenvalue weighted by molar-refractivity contribution is 0.0694. The third-order valence-corrected chi connectivity index (χ3v) is 2.50. The molecule has 0 heterocycles. The molecule has 2 aromatic carbocycles. The number of halogens is 5. The lowest BCUT2D eigenvalue weighted by Gasteiger charge is -2.11. The molecule has 0 fully saturated rings. The van der Waals surface area contributed by atoms with Crippen LogP contribution in [-0.2, 0) is 0 Å². The number of para-hydroxylation sites is 1. The molecule has 1 N–H and O–H groups in total. The van der Waals surface area contributed by atoms with Gasteiger partial charge in [0.2, 0.25) is 34.8 Å². The van der Waals surface area contributed by atoms with E-state index in [1.165, 1.54) is 12.1 Å². The van der Waals surface area contributed by atoms with E-state index in [1.807, 2.05) is 0 Å². The normalized spacial score (nSPS) is 10.5. The summed E-state index contributed by atoms with van der Waals surface area (Å²) in [4.78, 5) is 10.9. The second-order valence-electron chi connectivity index (χ2n) is 3.80. The van der Waals surface area contributed by atoms with Crippen LogP contribution in [0.3, 0.4) is 0 Å². The number of ether oxygens (including phenoxy) is 1. The van der Waals surface area contributed by atoms with Crippen molar-refractivity contribution in [2.24, 2.45) is 0 Å². The fraction of sp³-hybridized carbons (Fsp3) is 0. The van der Waals surface area contributed by atoms with Crippen LogP contribution in [0.15, 0.2) is 24.3 Å². The molecule has 0 aliphatic carbocycles. The van der Waals surface area contributed by atoms with Gasteiger partial charge in [-0.25, -0.2) is 18.0 Å². The molecule has 0 aliphatic heterocycles. The summed E-state index contributed by atoms with van der Waals surface area (Å²) >= 11 is 0. The average molecular weight is 304 g/mol. The van der Waals surface area contributed by atoms with Gasteiger partial charge in [0.1, 0.15) is 11.3 Å². The number of aromatic carboxylic acids is 1. The summed E-state index contributed by atoms with van der Waals surface area (Å²) < 4.78 is 70.3. The molecular formula is C13H5F5O3. The van der Waals surface area contributed by atoms with Gasteiger partial charge in [-0.1, -0.05) is 12.1 Å². The van der Waals surface area contributed by atoms with Gasteiger partial charge >= 0.3 is 5.97 Å². The van der Waals surface area contributed by atoms with E-state index < -0.39 is 52.1 Å². The average Bonchev–Trinajstić information content (AvgIpc) is 2.48. The van der Waals surface area contributed by atoms with E-state index in [0.29, 0.717) is 0 Å². The van der Waals surface area contributed by atoms with Crippen molar-refractivity contribution in [3.63, 3.8) is 0 Å². The first-order valence-corrected chi connectivity index (χ1v) is 5.36. The number of hydrogen-bond acceptors (Lipinski definition) is 2. The van der Waals surface area contributed by atoms with E-state index >= 15 is 0 Å². The fourth-order valence-corrected chi connectivity index (χ4v) is 1.52. The van der Waals surface area contributed by atoms with Gasteiger partial charge < -0.3 is 9.84 Å². The van der Waals surface area contributed by atoms with Crippen molar-refractivity contribution < 1.29 is 36.6 Å². The van der Waals surface area contributed by atoms with Gasteiger partial charge in [0.25, 0.3) is 0 Å². The molecule has 0 aromatic heterocycles. The molecule has 0 amide bonds. The lowest BCUT2D eigenvalue weighted by atomic mass is 10.2. The summed E-state index contributed by atoms with van der Waals surface area (Å²) in [5, 5.41) is 8.86. The highest BCUT2D eigenvalue weighted by Crippen LogP contribution is 2.33. The molecule has 0 saturated heterocycles. The first-order chi connectivity index (χ1) is 9.84. The highest BCUT2D eigenvalue weighted by atomic mass is 19.2. The number of carbonyl (C=O) groups is 1. The largest absolute Gasteiger partial charge is 0.478 e. The topological polar surface area (TPSA) is 46.5 Å². The zero-order valence-corrected chi connectivity index (χ0v) is 9.96. The van der Waals surface area contributed by atoms with E-state index in [1.54, 1.807) is 0 Å². The molecule has 110 valence electrons. The molecule has 2 rings (SSSR count). The van der Waals surface area contributed by atoms with Crippen molar-refractivity contribution in [3.05, 3.63) is 58.9 Å². The molecular weight excluding hydrogens is 299 g/mol. The van der Waals surface area contributed by atoms with E-state index in [9.17, 15) is 26.7 Å². The number of rotatable bonds is 3. The quantitative estimate of drug-likeness (QED) is 0.532.